The Morgan fingerprint density at radius 2 is 1.87 bits per heavy atom. The molecule has 31 heavy (non-hydrogen) atoms. The number of hydrogen-bond acceptors (Lipinski definition) is 2. The fourth-order valence-electron chi connectivity index (χ4n) is 3.92. The van der Waals surface area contributed by atoms with Gasteiger partial charge >= 0.3 is 5.97 Å². The number of carboxylic acids is 1. The van der Waals surface area contributed by atoms with Crippen LogP contribution >= 0.6 is 0 Å². The maximum Gasteiger partial charge on any atom is 0.328 e. The maximum atomic E-state index is 15.1. The predicted octanol–water partition coefficient (Wildman–Crippen LogP) is 7.48. The first-order chi connectivity index (χ1) is 14.3. The quantitative estimate of drug-likeness (QED) is 0.379. The summed E-state index contributed by atoms with van der Waals surface area (Å²) in [5, 5.41) is 8.84. The molecule has 3 nitrogen and oxygen atoms in total. The Balaban J connectivity index is 2.69. The van der Waals surface area contributed by atoms with Crippen molar-refractivity contribution < 1.29 is 19.0 Å². The molecule has 168 valence electrons. The van der Waals surface area contributed by atoms with Gasteiger partial charge in [0, 0.05) is 11.6 Å². The Morgan fingerprint density at radius 1 is 1.23 bits per heavy atom. The van der Waals surface area contributed by atoms with E-state index in [1.165, 1.54) is 23.3 Å². The molecule has 0 bridgehead atoms. The van der Waals surface area contributed by atoms with Gasteiger partial charge in [0.2, 0.25) is 0 Å². The Morgan fingerprint density at radius 3 is 2.42 bits per heavy atom. The molecule has 0 fully saturated rings. The van der Waals surface area contributed by atoms with Crippen LogP contribution in [-0.4, -0.2) is 17.7 Å². The zero-order valence-electron chi connectivity index (χ0n) is 20.0. The van der Waals surface area contributed by atoms with E-state index in [0.29, 0.717) is 23.5 Å². The molecule has 1 aliphatic rings. The van der Waals surface area contributed by atoms with E-state index in [1.54, 1.807) is 13.8 Å². The van der Waals surface area contributed by atoms with Crippen LogP contribution in [0.1, 0.15) is 78.5 Å². The second-order valence-electron chi connectivity index (χ2n) is 9.82. The van der Waals surface area contributed by atoms with Crippen molar-refractivity contribution in [1.29, 1.82) is 0 Å². The molecule has 0 spiro atoms. The first-order valence-electron chi connectivity index (χ1n) is 10.8. The van der Waals surface area contributed by atoms with Gasteiger partial charge in [0.1, 0.15) is 11.6 Å². The standard InChI is InChI=1S/C27H35FO3/c1-9-31-24-16-22-20(21(26(4,5)6)12-13-27(22,7)8)15-19(24)18(3)23(28)11-10-17(2)14-25(29)30/h10-12,14-16H,9,13H2,1-8H3,(H,29,30). The van der Waals surface area contributed by atoms with Crippen molar-refractivity contribution in [3.63, 3.8) is 0 Å². The van der Waals surface area contributed by atoms with Crippen LogP contribution in [0, 0.1) is 5.41 Å². The van der Waals surface area contributed by atoms with Gasteiger partial charge in [-0.1, -0.05) is 46.8 Å². The van der Waals surface area contributed by atoms with Crippen molar-refractivity contribution in [3.8, 4) is 5.75 Å². The highest BCUT2D eigenvalue weighted by Gasteiger charge is 2.33. The third-order valence-corrected chi connectivity index (χ3v) is 5.67. The number of carboxylic acid groups (broad SMARTS) is 1. The molecule has 1 aromatic carbocycles. The SMILES string of the molecule is CCOc1cc2c(cc1C(C)=C(F)C=CC(C)=CC(=O)O)C(C(C)(C)C)=CCC2(C)C. The van der Waals surface area contributed by atoms with Crippen molar-refractivity contribution >= 4 is 17.1 Å². The highest BCUT2D eigenvalue weighted by molar-refractivity contribution is 5.82. The summed E-state index contributed by atoms with van der Waals surface area (Å²) in [6.45, 7) is 16.8. The van der Waals surface area contributed by atoms with Crippen LogP contribution in [0.3, 0.4) is 0 Å². The summed E-state index contributed by atoms with van der Waals surface area (Å²) in [6, 6.07) is 4.13. The minimum atomic E-state index is -1.05. The van der Waals surface area contributed by atoms with Crippen LogP contribution in [0.15, 0.2) is 47.8 Å². The largest absolute Gasteiger partial charge is 0.493 e. The molecule has 0 saturated carbocycles. The Bertz CT molecular complexity index is 982. The number of benzene rings is 1. The Hall–Kier alpha value is -2.62. The number of rotatable bonds is 6. The van der Waals surface area contributed by atoms with E-state index in [2.05, 4.69) is 52.8 Å². The smallest absolute Gasteiger partial charge is 0.328 e. The number of carbonyl (C=O) groups is 1. The van der Waals surface area contributed by atoms with Crippen molar-refractivity contribution in [2.45, 2.75) is 67.2 Å². The van der Waals surface area contributed by atoms with Gasteiger partial charge in [-0.3, -0.25) is 0 Å². The second kappa shape index (κ2) is 9.25. The zero-order chi connectivity index (χ0) is 23.6. The van der Waals surface area contributed by atoms with Gasteiger partial charge in [-0.2, -0.15) is 0 Å². The number of ether oxygens (including phenoxy) is 1. The molecular formula is C27H35FO3. The third kappa shape index (κ3) is 5.75. The topological polar surface area (TPSA) is 46.5 Å². The molecule has 0 unspecified atom stereocenters. The van der Waals surface area contributed by atoms with Crippen LogP contribution in [-0.2, 0) is 10.2 Å². The fraction of sp³-hybridized carbons (Fsp3) is 0.444. The van der Waals surface area contributed by atoms with Gasteiger partial charge in [-0.05, 0) is 84.1 Å². The molecule has 0 radical (unpaired) electrons. The summed E-state index contributed by atoms with van der Waals surface area (Å²) >= 11 is 0. The van der Waals surface area contributed by atoms with Crippen LogP contribution in [0.4, 0.5) is 4.39 Å². The number of aliphatic carboxylic acids is 1. The lowest BCUT2D eigenvalue weighted by Crippen LogP contribution is -2.25. The van der Waals surface area contributed by atoms with Crippen molar-refractivity contribution in [3.05, 3.63) is 64.5 Å². The van der Waals surface area contributed by atoms with Crippen LogP contribution < -0.4 is 4.74 Å². The number of allylic oxidation sites excluding steroid dienone is 7. The fourth-order valence-corrected chi connectivity index (χ4v) is 3.92. The highest BCUT2D eigenvalue weighted by Crippen LogP contribution is 2.48. The monoisotopic (exact) mass is 426 g/mol. The van der Waals surface area contributed by atoms with Crippen LogP contribution in [0.2, 0.25) is 0 Å². The van der Waals surface area contributed by atoms with Crippen molar-refractivity contribution in [2.75, 3.05) is 6.61 Å². The lowest BCUT2D eigenvalue weighted by molar-refractivity contribution is -0.131. The molecule has 0 aromatic heterocycles. The molecule has 0 saturated heterocycles. The third-order valence-electron chi connectivity index (χ3n) is 5.67. The summed E-state index contributed by atoms with van der Waals surface area (Å²) in [5.74, 6) is -0.806. The Labute approximate surface area is 186 Å². The van der Waals surface area contributed by atoms with E-state index in [-0.39, 0.29) is 10.8 Å². The summed E-state index contributed by atoms with van der Waals surface area (Å²) in [6.07, 6.45) is 7.08. The first kappa shape index (κ1) is 24.6. The summed E-state index contributed by atoms with van der Waals surface area (Å²) in [7, 11) is 0. The highest BCUT2D eigenvalue weighted by atomic mass is 19.1. The van der Waals surface area contributed by atoms with Crippen LogP contribution in [0.5, 0.6) is 5.75 Å². The van der Waals surface area contributed by atoms with E-state index in [1.807, 2.05) is 6.92 Å². The molecule has 2 rings (SSSR count). The average molecular weight is 427 g/mol. The average Bonchev–Trinajstić information content (AvgIpc) is 2.64. The molecule has 0 amide bonds. The summed E-state index contributed by atoms with van der Waals surface area (Å²) in [4.78, 5) is 10.8. The normalized spacial score (nSPS) is 17.2. The zero-order valence-corrected chi connectivity index (χ0v) is 20.0. The van der Waals surface area contributed by atoms with Gasteiger partial charge < -0.3 is 9.84 Å². The van der Waals surface area contributed by atoms with Gasteiger partial charge in [0.25, 0.3) is 0 Å². The molecule has 1 aliphatic carbocycles. The lowest BCUT2D eigenvalue weighted by Gasteiger charge is -2.37. The second-order valence-corrected chi connectivity index (χ2v) is 9.82. The van der Waals surface area contributed by atoms with Crippen molar-refractivity contribution in [2.24, 2.45) is 5.41 Å². The predicted molar refractivity (Wildman–Crippen MR) is 127 cm³/mol. The van der Waals surface area contributed by atoms with E-state index in [0.717, 1.165) is 23.6 Å². The molecular weight excluding hydrogens is 391 g/mol. The van der Waals surface area contributed by atoms with Gasteiger partial charge in [-0.15, -0.1) is 0 Å². The van der Waals surface area contributed by atoms with Gasteiger partial charge in [0.15, 0.2) is 0 Å². The summed E-state index contributed by atoms with van der Waals surface area (Å²) in [5.41, 5.74) is 5.18. The van der Waals surface area contributed by atoms with E-state index in [4.69, 9.17) is 9.84 Å². The van der Waals surface area contributed by atoms with E-state index < -0.39 is 11.8 Å². The van der Waals surface area contributed by atoms with Gasteiger partial charge in [0.05, 0.1) is 6.61 Å². The number of halogens is 1. The summed E-state index contributed by atoms with van der Waals surface area (Å²) < 4.78 is 21.0. The molecule has 1 aromatic rings. The Kier molecular flexibility index (Phi) is 7.36. The molecule has 0 heterocycles. The van der Waals surface area contributed by atoms with E-state index >= 15 is 4.39 Å². The molecule has 4 heteroatoms. The van der Waals surface area contributed by atoms with Crippen molar-refractivity contribution in [1.82, 2.24) is 0 Å². The number of fused-ring (bicyclic) bond motifs is 1. The minimum absolute atomic E-state index is 0.0372. The first-order valence-corrected chi connectivity index (χ1v) is 10.8. The molecule has 1 N–H and O–H groups in total. The minimum Gasteiger partial charge on any atom is -0.493 e. The molecule has 0 atom stereocenters. The van der Waals surface area contributed by atoms with Crippen LogP contribution in [0.25, 0.3) is 11.1 Å². The molecule has 0 aliphatic heterocycles. The maximum absolute atomic E-state index is 15.1. The lowest BCUT2D eigenvalue weighted by atomic mass is 9.67. The van der Waals surface area contributed by atoms with Gasteiger partial charge in [-0.25, -0.2) is 9.18 Å². The van der Waals surface area contributed by atoms with E-state index in [9.17, 15) is 4.79 Å². The number of hydrogen-bond donors (Lipinski definition) is 1.